The van der Waals surface area contributed by atoms with Gasteiger partial charge in [-0.05, 0) is 30.2 Å². The molecule has 0 saturated heterocycles. The van der Waals surface area contributed by atoms with Crippen molar-refractivity contribution in [1.29, 1.82) is 0 Å². The predicted molar refractivity (Wildman–Crippen MR) is 107 cm³/mol. The number of ether oxygens (including phenoxy) is 2. The number of carbonyl (C=O) groups excluding carboxylic acids is 2. The molecule has 1 amide bonds. The number of nitrogens with zero attached hydrogens (tertiary/aromatic N) is 1. The van der Waals surface area contributed by atoms with Gasteiger partial charge < -0.3 is 14.8 Å². The molecule has 9 heteroatoms. The summed E-state index contributed by atoms with van der Waals surface area (Å²) in [5, 5.41) is 2.67. The summed E-state index contributed by atoms with van der Waals surface area (Å²) in [6.07, 6.45) is 0.658. The summed E-state index contributed by atoms with van der Waals surface area (Å²) in [4.78, 5) is 24.0. The molecule has 0 saturated carbocycles. The largest absolute Gasteiger partial charge is 0.495 e. The van der Waals surface area contributed by atoms with Crippen LogP contribution >= 0.6 is 0 Å². The number of benzene rings is 2. The second-order valence-corrected chi connectivity index (χ2v) is 8.44. The number of amides is 1. The van der Waals surface area contributed by atoms with Crippen LogP contribution in [0.3, 0.4) is 0 Å². The molecule has 0 aliphatic carbocycles. The lowest BCUT2D eigenvalue weighted by Gasteiger charge is -2.15. The third kappa shape index (κ3) is 6.03. The minimum atomic E-state index is -3.82. The number of hydrogen-bond acceptors (Lipinski definition) is 6. The van der Waals surface area contributed by atoms with E-state index in [1.807, 2.05) is 30.3 Å². The van der Waals surface area contributed by atoms with Crippen molar-refractivity contribution >= 4 is 21.9 Å². The highest BCUT2D eigenvalue weighted by Crippen LogP contribution is 2.27. The minimum Gasteiger partial charge on any atom is -0.495 e. The molecule has 2 aromatic rings. The van der Waals surface area contributed by atoms with E-state index in [4.69, 9.17) is 9.47 Å². The average molecular weight is 420 g/mol. The van der Waals surface area contributed by atoms with Crippen molar-refractivity contribution in [2.75, 3.05) is 34.4 Å². The summed E-state index contributed by atoms with van der Waals surface area (Å²) in [5.41, 5.74) is 1.08. The van der Waals surface area contributed by atoms with Crippen LogP contribution in [0.5, 0.6) is 5.75 Å². The number of rotatable bonds is 9. The van der Waals surface area contributed by atoms with Crippen molar-refractivity contribution < 1.29 is 27.5 Å². The Balaban J connectivity index is 1.95. The standard InChI is InChI=1S/C20H24N2O6S/c1-22(2)29(25,26)18-13-16(9-10-17(18)27-3)20(24)28-14-19(23)21-12-11-15-7-5-4-6-8-15/h4-10,13H,11-12,14H2,1-3H3,(H,21,23). The van der Waals surface area contributed by atoms with Crippen molar-refractivity contribution in [1.82, 2.24) is 9.62 Å². The molecule has 0 radical (unpaired) electrons. The zero-order chi connectivity index (χ0) is 21.4. The Bertz CT molecular complexity index is 958. The average Bonchev–Trinajstić information content (AvgIpc) is 2.72. The van der Waals surface area contributed by atoms with Crippen LogP contribution < -0.4 is 10.1 Å². The number of hydrogen-bond donors (Lipinski definition) is 1. The van der Waals surface area contributed by atoms with Gasteiger partial charge in [0.25, 0.3) is 5.91 Å². The Labute approximate surface area is 170 Å². The van der Waals surface area contributed by atoms with Crippen LogP contribution in [-0.2, 0) is 26.0 Å². The molecule has 156 valence electrons. The van der Waals surface area contributed by atoms with Crippen molar-refractivity contribution in [3.63, 3.8) is 0 Å². The smallest absolute Gasteiger partial charge is 0.338 e. The maximum absolute atomic E-state index is 12.4. The quantitative estimate of drug-likeness (QED) is 0.617. The highest BCUT2D eigenvalue weighted by atomic mass is 32.2. The van der Waals surface area contributed by atoms with E-state index >= 15 is 0 Å². The zero-order valence-electron chi connectivity index (χ0n) is 16.5. The molecule has 0 fully saturated rings. The molecule has 0 heterocycles. The van der Waals surface area contributed by atoms with Gasteiger partial charge in [0, 0.05) is 20.6 Å². The minimum absolute atomic E-state index is 0.00307. The molecule has 0 atom stereocenters. The number of sulfonamides is 1. The van der Waals surface area contributed by atoms with Gasteiger partial charge >= 0.3 is 5.97 Å². The first kappa shape index (κ1) is 22.4. The Morgan fingerprint density at radius 2 is 1.76 bits per heavy atom. The topological polar surface area (TPSA) is 102 Å². The van der Waals surface area contributed by atoms with Crippen LogP contribution in [-0.4, -0.2) is 59.0 Å². The molecule has 1 N–H and O–H groups in total. The van der Waals surface area contributed by atoms with Gasteiger partial charge in [-0.25, -0.2) is 17.5 Å². The first-order chi connectivity index (χ1) is 13.8. The van der Waals surface area contributed by atoms with E-state index in [2.05, 4.69) is 5.32 Å². The predicted octanol–water partition coefficient (Wildman–Crippen LogP) is 1.46. The molecule has 0 aliphatic rings. The van der Waals surface area contributed by atoms with Crippen molar-refractivity contribution in [2.24, 2.45) is 0 Å². The van der Waals surface area contributed by atoms with E-state index in [9.17, 15) is 18.0 Å². The van der Waals surface area contributed by atoms with Crippen LogP contribution in [0.25, 0.3) is 0 Å². The maximum atomic E-state index is 12.4. The summed E-state index contributed by atoms with van der Waals surface area (Å²) in [6, 6.07) is 13.6. The van der Waals surface area contributed by atoms with E-state index in [1.165, 1.54) is 39.4 Å². The van der Waals surface area contributed by atoms with Crippen LogP contribution in [0.15, 0.2) is 53.4 Å². The number of carbonyl (C=O) groups is 2. The molecule has 0 unspecified atom stereocenters. The normalized spacial score (nSPS) is 11.2. The Morgan fingerprint density at radius 1 is 1.07 bits per heavy atom. The van der Waals surface area contributed by atoms with Gasteiger partial charge in [0.2, 0.25) is 10.0 Å². The van der Waals surface area contributed by atoms with Crippen LogP contribution in [0.4, 0.5) is 0 Å². The molecule has 2 rings (SSSR count). The molecule has 0 aromatic heterocycles. The molecule has 0 aliphatic heterocycles. The summed E-state index contributed by atoms with van der Waals surface area (Å²) >= 11 is 0. The lowest BCUT2D eigenvalue weighted by atomic mass is 10.1. The maximum Gasteiger partial charge on any atom is 0.338 e. The van der Waals surface area contributed by atoms with Gasteiger partial charge in [0.1, 0.15) is 10.6 Å². The van der Waals surface area contributed by atoms with Gasteiger partial charge in [-0.1, -0.05) is 30.3 Å². The van der Waals surface area contributed by atoms with E-state index in [0.717, 1.165) is 9.87 Å². The van der Waals surface area contributed by atoms with Gasteiger partial charge in [-0.2, -0.15) is 0 Å². The van der Waals surface area contributed by atoms with Gasteiger partial charge in [0.05, 0.1) is 12.7 Å². The third-order valence-corrected chi connectivity index (χ3v) is 5.91. The van der Waals surface area contributed by atoms with Crippen molar-refractivity contribution in [3.8, 4) is 5.75 Å². The molecular weight excluding hydrogens is 396 g/mol. The van der Waals surface area contributed by atoms with E-state index < -0.39 is 28.5 Å². The van der Waals surface area contributed by atoms with Crippen LogP contribution in [0.1, 0.15) is 15.9 Å². The van der Waals surface area contributed by atoms with E-state index in [1.54, 1.807) is 0 Å². The summed E-state index contributed by atoms with van der Waals surface area (Å²) in [7, 11) is 0.260. The molecule has 0 bridgehead atoms. The van der Waals surface area contributed by atoms with E-state index in [0.29, 0.717) is 13.0 Å². The summed E-state index contributed by atoms with van der Waals surface area (Å²) in [6.45, 7) is -0.0520. The second kappa shape index (κ2) is 10.0. The summed E-state index contributed by atoms with van der Waals surface area (Å²) in [5.74, 6) is -1.14. The fourth-order valence-corrected chi connectivity index (χ4v) is 3.53. The SMILES string of the molecule is COc1ccc(C(=O)OCC(=O)NCCc2ccccc2)cc1S(=O)(=O)N(C)C. The van der Waals surface area contributed by atoms with Crippen LogP contribution in [0.2, 0.25) is 0 Å². The first-order valence-electron chi connectivity index (χ1n) is 8.84. The Hall–Kier alpha value is -2.91. The fourth-order valence-electron chi connectivity index (χ4n) is 2.46. The molecule has 2 aromatic carbocycles. The highest BCUT2D eigenvalue weighted by molar-refractivity contribution is 7.89. The fraction of sp³-hybridized carbons (Fsp3) is 0.300. The lowest BCUT2D eigenvalue weighted by molar-refractivity contribution is -0.124. The zero-order valence-corrected chi connectivity index (χ0v) is 17.4. The summed E-state index contributed by atoms with van der Waals surface area (Å²) < 4.78 is 35.9. The van der Waals surface area contributed by atoms with Gasteiger partial charge in [0.15, 0.2) is 6.61 Å². The molecule has 0 spiro atoms. The van der Waals surface area contributed by atoms with Crippen LogP contribution in [0, 0.1) is 0 Å². The second-order valence-electron chi connectivity index (χ2n) is 6.31. The molecular formula is C20H24N2O6S. The number of esters is 1. The molecule has 29 heavy (non-hydrogen) atoms. The Morgan fingerprint density at radius 3 is 2.38 bits per heavy atom. The molecule has 8 nitrogen and oxygen atoms in total. The Kier molecular flexibility index (Phi) is 7.74. The van der Waals surface area contributed by atoms with Crippen molar-refractivity contribution in [3.05, 3.63) is 59.7 Å². The number of nitrogens with one attached hydrogen (secondary N) is 1. The highest BCUT2D eigenvalue weighted by Gasteiger charge is 2.24. The van der Waals surface area contributed by atoms with Gasteiger partial charge in [-0.3, -0.25) is 4.79 Å². The van der Waals surface area contributed by atoms with E-state index in [-0.39, 0.29) is 16.2 Å². The van der Waals surface area contributed by atoms with Crippen molar-refractivity contribution in [2.45, 2.75) is 11.3 Å². The monoisotopic (exact) mass is 420 g/mol. The first-order valence-corrected chi connectivity index (χ1v) is 10.3. The number of methoxy groups -OCH3 is 1. The van der Waals surface area contributed by atoms with Gasteiger partial charge in [-0.15, -0.1) is 0 Å². The lowest BCUT2D eigenvalue weighted by Crippen LogP contribution is -2.30. The third-order valence-electron chi connectivity index (χ3n) is 4.07.